The van der Waals surface area contributed by atoms with Gasteiger partial charge >= 0.3 is 0 Å². The van der Waals surface area contributed by atoms with E-state index in [0.717, 1.165) is 12.1 Å². The van der Waals surface area contributed by atoms with E-state index in [4.69, 9.17) is 10.5 Å². The standard InChI is InChI=1S/C20H20F2N4O2/c1-2-28-19-10-15(5-6-24-19)25-11-16-17(23)3-4-18(16)26-20(27)12-7-13(21)9-14(22)8-12/h5-11,18H,2-4,23H2,1H3,(H,26,27). The molecule has 0 radical (unpaired) electrons. The van der Waals surface area contributed by atoms with Crippen LogP contribution in [0.1, 0.15) is 30.1 Å². The number of amides is 1. The molecule has 0 bridgehead atoms. The van der Waals surface area contributed by atoms with E-state index in [1.807, 2.05) is 6.92 Å². The third-order valence-corrected chi connectivity index (χ3v) is 4.24. The van der Waals surface area contributed by atoms with Crippen LogP contribution < -0.4 is 15.8 Å². The Morgan fingerprint density at radius 1 is 1.36 bits per heavy atom. The molecule has 1 unspecified atom stereocenters. The van der Waals surface area contributed by atoms with E-state index >= 15 is 0 Å². The van der Waals surface area contributed by atoms with Gasteiger partial charge in [0.2, 0.25) is 5.88 Å². The molecule has 2 aromatic rings. The highest BCUT2D eigenvalue weighted by molar-refractivity contribution is 5.96. The van der Waals surface area contributed by atoms with Gasteiger partial charge in [-0.2, -0.15) is 0 Å². The van der Waals surface area contributed by atoms with Crippen LogP contribution in [0.5, 0.6) is 5.88 Å². The quantitative estimate of drug-likeness (QED) is 0.746. The van der Waals surface area contributed by atoms with Crippen LogP contribution in [0.25, 0.3) is 0 Å². The van der Waals surface area contributed by atoms with Gasteiger partial charge in [0.15, 0.2) is 0 Å². The highest BCUT2D eigenvalue weighted by atomic mass is 19.1. The Morgan fingerprint density at radius 2 is 2.11 bits per heavy atom. The molecule has 1 heterocycles. The van der Waals surface area contributed by atoms with Gasteiger partial charge in [0.25, 0.3) is 5.91 Å². The summed E-state index contributed by atoms with van der Waals surface area (Å²) in [5.74, 6) is -1.73. The molecule has 0 fully saturated rings. The van der Waals surface area contributed by atoms with Crippen LogP contribution in [0.2, 0.25) is 0 Å². The SMILES string of the molecule is CCOc1cc(N=CC2=C(N)CCC2NC(=O)c2cc(F)cc(F)c2)ccn1. The minimum absolute atomic E-state index is 0.0882. The van der Waals surface area contributed by atoms with Crippen LogP contribution in [-0.4, -0.2) is 29.8 Å². The molecule has 3 rings (SSSR count). The van der Waals surface area contributed by atoms with Gasteiger partial charge in [-0.15, -0.1) is 0 Å². The minimum atomic E-state index is -0.809. The first-order chi connectivity index (χ1) is 13.5. The van der Waals surface area contributed by atoms with Crippen molar-refractivity contribution >= 4 is 17.8 Å². The summed E-state index contributed by atoms with van der Waals surface area (Å²) in [6, 6.07) is 5.70. The van der Waals surface area contributed by atoms with E-state index in [1.165, 1.54) is 0 Å². The van der Waals surface area contributed by atoms with E-state index in [1.54, 1.807) is 24.5 Å². The van der Waals surface area contributed by atoms with Gasteiger partial charge < -0.3 is 15.8 Å². The number of nitrogens with one attached hydrogen (secondary N) is 1. The second-order valence-corrected chi connectivity index (χ2v) is 6.25. The fourth-order valence-electron chi connectivity index (χ4n) is 2.92. The van der Waals surface area contributed by atoms with Gasteiger partial charge in [0.1, 0.15) is 11.6 Å². The van der Waals surface area contributed by atoms with Crippen LogP contribution in [0, 0.1) is 11.6 Å². The molecule has 1 aliphatic rings. The van der Waals surface area contributed by atoms with Gasteiger partial charge in [-0.25, -0.2) is 13.8 Å². The zero-order valence-corrected chi connectivity index (χ0v) is 15.3. The summed E-state index contributed by atoms with van der Waals surface area (Å²) in [5, 5.41) is 2.76. The molecule has 1 atom stereocenters. The zero-order chi connectivity index (χ0) is 20.1. The molecule has 28 heavy (non-hydrogen) atoms. The molecule has 0 saturated heterocycles. The number of pyridine rings is 1. The molecule has 1 aromatic carbocycles. The van der Waals surface area contributed by atoms with Gasteiger partial charge in [0.05, 0.1) is 18.3 Å². The predicted molar refractivity (Wildman–Crippen MR) is 102 cm³/mol. The lowest BCUT2D eigenvalue weighted by molar-refractivity contribution is 0.0942. The fraction of sp³-hybridized carbons (Fsp3) is 0.250. The summed E-state index contributed by atoms with van der Waals surface area (Å²) in [6.45, 7) is 2.35. The molecule has 1 aromatic heterocycles. The van der Waals surface area contributed by atoms with E-state index in [9.17, 15) is 13.6 Å². The molecule has 0 aliphatic heterocycles. The summed E-state index contributed by atoms with van der Waals surface area (Å²) in [5.41, 5.74) is 7.87. The Hall–Kier alpha value is -3.29. The minimum Gasteiger partial charge on any atom is -0.478 e. The maximum atomic E-state index is 13.4. The Labute approximate surface area is 161 Å². The van der Waals surface area contributed by atoms with Gasteiger partial charge in [-0.1, -0.05) is 0 Å². The number of allylic oxidation sites excluding steroid dienone is 1. The number of ether oxygens (including phenoxy) is 1. The monoisotopic (exact) mass is 386 g/mol. The van der Waals surface area contributed by atoms with Gasteiger partial charge in [-0.05, 0) is 38.0 Å². The van der Waals surface area contributed by atoms with Gasteiger partial charge in [-0.3, -0.25) is 9.79 Å². The van der Waals surface area contributed by atoms with Crippen molar-refractivity contribution in [3.63, 3.8) is 0 Å². The van der Waals surface area contributed by atoms with Crippen LogP contribution >= 0.6 is 0 Å². The molecule has 6 nitrogen and oxygen atoms in total. The molecule has 146 valence electrons. The Bertz CT molecular complexity index is 923. The number of nitrogens with zero attached hydrogens (tertiary/aromatic N) is 2. The maximum absolute atomic E-state index is 13.4. The van der Waals surface area contributed by atoms with E-state index in [-0.39, 0.29) is 5.56 Å². The maximum Gasteiger partial charge on any atom is 0.251 e. The van der Waals surface area contributed by atoms with Crippen LogP contribution in [0.3, 0.4) is 0 Å². The van der Waals surface area contributed by atoms with Crippen molar-refractivity contribution in [3.8, 4) is 5.88 Å². The Kier molecular flexibility index (Phi) is 5.98. The van der Waals surface area contributed by atoms with Crippen LogP contribution in [0.4, 0.5) is 14.5 Å². The normalized spacial score (nSPS) is 16.6. The number of aromatic nitrogens is 1. The smallest absolute Gasteiger partial charge is 0.251 e. The van der Waals surface area contributed by atoms with Crippen molar-refractivity contribution < 1.29 is 18.3 Å². The molecule has 1 aliphatic carbocycles. The number of hydrogen-bond donors (Lipinski definition) is 2. The second-order valence-electron chi connectivity index (χ2n) is 6.25. The first-order valence-electron chi connectivity index (χ1n) is 8.84. The third kappa shape index (κ3) is 4.70. The van der Waals surface area contributed by atoms with Crippen LogP contribution in [-0.2, 0) is 0 Å². The number of carbonyl (C=O) groups excluding carboxylic acids is 1. The largest absolute Gasteiger partial charge is 0.478 e. The van der Waals surface area contributed by atoms with Crippen molar-refractivity contribution in [3.05, 3.63) is 65.0 Å². The molecular weight excluding hydrogens is 366 g/mol. The Morgan fingerprint density at radius 3 is 2.82 bits per heavy atom. The van der Waals surface area contributed by atoms with Crippen molar-refractivity contribution in [2.45, 2.75) is 25.8 Å². The number of halogens is 2. The average molecular weight is 386 g/mol. The number of nitrogens with two attached hydrogens (primary N) is 1. The summed E-state index contributed by atoms with van der Waals surface area (Å²) in [7, 11) is 0. The zero-order valence-electron chi connectivity index (χ0n) is 15.3. The fourth-order valence-corrected chi connectivity index (χ4v) is 2.92. The lowest BCUT2D eigenvalue weighted by atomic mass is 10.1. The number of hydrogen-bond acceptors (Lipinski definition) is 5. The summed E-state index contributed by atoms with van der Waals surface area (Å²) >= 11 is 0. The molecule has 0 saturated carbocycles. The van der Waals surface area contributed by atoms with Crippen molar-refractivity contribution in [1.29, 1.82) is 0 Å². The van der Waals surface area contributed by atoms with Crippen molar-refractivity contribution in [2.24, 2.45) is 10.7 Å². The molecule has 1 amide bonds. The topological polar surface area (TPSA) is 89.6 Å². The number of aliphatic imine (C=N–C) groups is 1. The van der Waals surface area contributed by atoms with Gasteiger partial charge in [0, 0.05) is 41.4 Å². The van der Waals surface area contributed by atoms with E-state index < -0.39 is 23.6 Å². The molecular formula is C20H20F2N4O2. The molecule has 3 N–H and O–H groups in total. The number of carbonyl (C=O) groups is 1. The highest BCUT2D eigenvalue weighted by Crippen LogP contribution is 2.24. The highest BCUT2D eigenvalue weighted by Gasteiger charge is 2.25. The number of rotatable bonds is 6. The lowest BCUT2D eigenvalue weighted by Gasteiger charge is -2.15. The number of benzene rings is 1. The van der Waals surface area contributed by atoms with E-state index in [0.29, 0.717) is 48.4 Å². The Balaban J connectivity index is 1.74. The first kappa shape index (κ1) is 19.5. The summed E-state index contributed by atoms with van der Waals surface area (Å²) < 4.78 is 32.0. The summed E-state index contributed by atoms with van der Waals surface area (Å²) in [4.78, 5) is 20.8. The predicted octanol–water partition coefficient (Wildman–Crippen LogP) is 3.27. The second kappa shape index (κ2) is 8.60. The average Bonchev–Trinajstić information content (AvgIpc) is 2.99. The van der Waals surface area contributed by atoms with Crippen molar-refractivity contribution in [2.75, 3.05) is 6.61 Å². The van der Waals surface area contributed by atoms with E-state index in [2.05, 4.69) is 15.3 Å². The lowest BCUT2D eigenvalue weighted by Crippen LogP contribution is -2.35. The third-order valence-electron chi connectivity index (χ3n) is 4.24. The van der Waals surface area contributed by atoms with Crippen molar-refractivity contribution in [1.82, 2.24) is 10.3 Å². The molecule has 8 heteroatoms. The van der Waals surface area contributed by atoms with Crippen LogP contribution in [0.15, 0.2) is 52.8 Å². The molecule has 0 spiro atoms. The summed E-state index contributed by atoms with van der Waals surface area (Å²) in [6.07, 6.45) is 4.34. The first-order valence-corrected chi connectivity index (χ1v) is 8.84.